The number of nitrogen functional groups attached to an aromatic ring is 1. The minimum Gasteiger partial charge on any atom is -0.368 e. The van der Waals surface area contributed by atoms with Gasteiger partial charge in [-0.25, -0.2) is 9.97 Å². The molecule has 5 heteroatoms. The zero-order chi connectivity index (χ0) is 13.4. The van der Waals surface area contributed by atoms with E-state index >= 15 is 0 Å². The molecule has 3 rings (SSSR count). The molecule has 1 heterocycles. The van der Waals surface area contributed by atoms with Crippen molar-refractivity contribution in [2.45, 2.75) is 32.7 Å². The van der Waals surface area contributed by atoms with E-state index in [0.29, 0.717) is 5.95 Å². The van der Waals surface area contributed by atoms with Crippen LogP contribution in [0.3, 0.4) is 0 Å². The summed E-state index contributed by atoms with van der Waals surface area (Å²) in [6.07, 6.45) is 3.58. The highest BCUT2D eigenvalue weighted by atomic mass is 15.2. The van der Waals surface area contributed by atoms with Crippen molar-refractivity contribution in [3.63, 3.8) is 0 Å². The Bertz CT molecular complexity index is 623. The maximum Gasteiger partial charge on any atom is 0.227 e. The highest BCUT2D eigenvalue weighted by Crippen LogP contribution is 2.34. The van der Waals surface area contributed by atoms with Crippen molar-refractivity contribution in [2.75, 3.05) is 11.1 Å². The molecular weight excluding hydrogens is 238 g/mol. The molecule has 0 saturated carbocycles. The number of benzene rings is 1. The second-order valence-corrected chi connectivity index (χ2v) is 5.04. The van der Waals surface area contributed by atoms with E-state index < -0.39 is 0 Å². The Morgan fingerprint density at radius 3 is 2.79 bits per heavy atom. The molecule has 0 spiro atoms. The summed E-state index contributed by atoms with van der Waals surface area (Å²) in [5.74, 6) is 0.791. The molecule has 19 heavy (non-hydrogen) atoms. The van der Waals surface area contributed by atoms with Crippen LogP contribution >= 0.6 is 0 Å². The summed E-state index contributed by atoms with van der Waals surface area (Å²) in [5.41, 5.74) is 11.0. The topological polar surface area (TPSA) is 76.7 Å². The molecule has 0 radical (unpaired) electrons. The SMILES string of the molecule is Cc1cc2c(cc1C)C(Nc1ncnc(N)n1)CC2. The lowest BCUT2D eigenvalue weighted by molar-refractivity contribution is 0.749. The summed E-state index contributed by atoms with van der Waals surface area (Å²) in [4.78, 5) is 12.0. The monoisotopic (exact) mass is 255 g/mol. The van der Waals surface area contributed by atoms with E-state index in [1.807, 2.05) is 0 Å². The van der Waals surface area contributed by atoms with E-state index in [0.717, 1.165) is 12.8 Å². The number of rotatable bonds is 2. The van der Waals surface area contributed by atoms with E-state index in [-0.39, 0.29) is 12.0 Å². The zero-order valence-corrected chi connectivity index (χ0v) is 11.1. The number of hydrogen-bond acceptors (Lipinski definition) is 5. The van der Waals surface area contributed by atoms with Crippen LogP contribution in [0.1, 0.15) is 34.7 Å². The molecule has 2 aromatic rings. The van der Waals surface area contributed by atoms with Crippen molar-refractivity contribution in [3.05, 3.63) is 40.7 Å². The van der Waals surface area contributed by atoms with Crippen LogP contribution in [0.25, 0.3) is 0 Å². The first kappa shape index (κ1) is 11.9. The summed E-state index contributed by atoms with van der Waals surface area (Å²) >= 11 is 0. The van der Waals surface area contributed by atoms with Crippen molar-refractivity contribution in [1.29, 1.82) is 0 Å². The molecule has 1 atom stereocenters. The number of fused-ring (bicyclic) bond motifs is 1. The lowest BCUT2D eigenvalue weighted by Gasteiger charge is -2.15. The lowest BCUT2D eigenvalue weighted by atomic mass is 10.0. The largest absolute Gasteiger partial charge is 0.368 e. The minimum absolute atomic E-state index is 0.246. The third kappa shape index (κ3) is 2.23. The number of hydrogen-bond donors (Lipinski definition) is 2. The Hall–Kier alpha value is -2.17. The van der Waals surface area contributed by atoms with Crippen LogP contribution in [-0.4, -0.2) is 15.0 Å². The Kier molecular flexibility index (Phi) is 2.81. The van der Waals surface area contributed by atoms with Gasteiger partial charge in [-0.05, 0) is 48.9 Å². The van der Waals surface area contributed by atoms with E-state index in [1.165, 1.54) is 28.6 Å². The quantitative estimate of drug-likeness (QED) is 0.860. The van der Waals surface area contributed by atoms with Crippen molar-refractivity contribution in [2.24, 2.45) is 0 Å². The normalized spacial score (nSPS) is 17.3. The first-order valence-electron chi connectivity index (χ1n) is 6.44. The average molecular weight is 255 g/mol. The number of nitrogens with two attached hydrogens (primary N) is 1. The molecule has 0 fully saturated rings. The van der Waals surface area contributed by atoms with Gasteiger partial charge >= 0.3 is 0 Å². The van der Waals surface area contributed by atoms with Crippen molar-refractivity contribution >= 4 is 11.9 Å². The maximum absolute atomic E-state index is 5.57. The lowest BCUT2D eigenvalue weighted by Crippen LogP contribution is -2.11. The van der Waals surface area contributed by atoms with Gasteiger partial charge in [-0.1, -0.05) is 12.1 Å². The van der Waals surface area contributed by atoms with Gasteiger partial charge in [0.2, 0.25) is 11.9 Å². The molecule has 0 bridgehead atoms. The molecule has 0 amide bonds. The Balaban J connectivity index is 1.88. The van der Waals surface area contributed by atoms with E-state index in [9.17, 15) is 0 Å². The molecule has 0 aliphatic heterocycles. The molecule has 1 aromatic heterocycles. The number of nitrogens with zero attached hydrogens (tertiary/aromatic N) is 3. The van der Waals surface area contributed by atoms with Crippen molar-refractivity contribution in [3.8, 4) is 0 Å². The Morgan fingerprint density at radius 2 is 2.00 bits per heavy atom. The van der Waals surface area contributed by atoms with E-state index in [4.69, 9.17) is 5.73 Å². The fraction of sp³-hybridized carbons (Fsp3) is 0.357. The van der Waals surface area contributed by atoms with Crippen LogP contribution in [0.15, 0.2) is 18.5 Å². The van der Waals surface area contributed by atoms with Gasteiger partial charge in [-0.15, -0.1) is 0 Å². The first-order valence-corrected chi connectivity index (χ1v) is 6.44. The third-order valence-corrected chi connectivity index (χ3v) is 3.73. The number of aryl methyl sites for hydroxylation is 3. The summed E-state index contributed by atoms with van der Waals surface area (Å²) in [7, 11) is 0. The van der Waals surface area contributed by atoms with Gasteiger partial charge in [-0.3, -0.25) is 0 Å². The van der Waals surface area contributed by atoms with Gasteiger partial charge in [0, 0.05) is 0 Å². The number of aromatic nitrogens is 3. The Morgan fingerprint density at radius 1 is 1.21 bits per heavy atom. The highest BCUT2D eigenvalue weighted by molar-refractivity contribution is 5.45. The Labute approximate surface area is 112 Å². The third-order valence-electron chi connectivity index (χ3n) is 3.73. The predicted octanol–water partition coefficient (Wildman–Crippen LogP) is 2.17. The van der Waals surface area contributed by atoms with Gasteiger partial charge in [0.05, 0.1) is 6.04 Å². The molecule has 1 aromatic carbocycles. The number of nitrogens with one attached hydrogen (secondary N) is 1. The smallest absolute Gasteiger partial charge is 0.227 e. The van der Waals surface area contributed by atoms with Crippen LogP contribution in [0, 0.1) is 13.8 Å². The molecule has 5 nitrogen and oxygen atoms in total. The maximum atomic E-state index is 5.57. The summed E-state index contributed by atoms with van der Waals surface area (Å²) in [6, 6.07) is 4.81. The van der Waals surface area contributed by atoms with Gasteiger partial charge < -0.3 is 11.1 Å². The molecule has 98 valence electrons. The fourth-order valence-corrected chi connectivity index (χ4v) is 2.58. The van der Waals surface area contributed by atoms with Gasteiger partial charge in [0.1, 0.15) is 6.33 Å². The summed E-state index contributed by atoms with van der Waals surface area (Å²) < 4.78 is 0. The van der Waals surface area contributed by atoms with Crippen LogP contribution in [0.4, 0.5) is 11.9 Å². The second-order valence-electron chi connectivity index (χ2n) is 5.04. The summed E-state index contributed by atoms with van der Waals surface area (Å²) in [6.45, 7) is 4.30. The molecule has 0 saturated heterocycles. The first-order chi connectivity index (χ1) is 9.13. The van der Waals surface area contributed by atoms with Gasteiger partial charge in [0.25, 0.3) is 0 Å². The van der Waals surface area contributed by atoms with Crippen LogP contribution < -0.4 is 11.1 Å². The van der Waals surface area contributed by atoms with Crippen LogP contribution in [-0.2, 0) is 6.42 Å². The fourth-order valence-electron chi connectivity index (χ4n) is 2.58. The molecule has 1 aliphatic rings. The van der Waals surface area contributed by atoms with Gasteiger partial charge in [-0.2, -0.15) is 4.98 Å². The zero-order valence-electron chi connectivity index (χ0n) is 11.1. The van der Waals surface area contributed by atoms with Crippen LogP contribution in [0.2, 0.25) is 0 Å². The average Bonchev–Trinajstić information content (AvgIpc) is 2.73. The highest BCUT2D eigenvalue weighted by Gasteiger charge is 2.23. The number of anilines is 2. The van der Waals surface area contributed by atoms with E-state index in [2.05, 4.69) is 46.2 Å². The molecular formula is C14H17N5. The second kappa shape index (κ2) is 4.50. The summed E-state index contributed by atoms with van der Waals surface area (Å²) in [5, 5.41) is 3.34. The van der Waals surface area contributed by atoms with Crippen molar-refractivity contribution in [1.82, 2.24) is 15.0 Å². The van der Waals surface area contributed by atoms with Crippen LogP contribution in [0.5, 0.6) is 0 Å². The minimum atomic E-state index is 0.246. The van der Waals surface area contributed by atoms with Gasteiger partial charge in [0.15, 0.2) is 0 Å². The predicted molar refractivity (Wildman–Crippen MR) is 74.8 cm³/mol. The van der Waals surface area contributed by atoms with Crippen molar-refractivity contribution < 1.29 is 0 Å². The standard InChI is InChI=1S/C14H17N5/c1-8-5-10-3-4-12(11(10)6-9(8)2)18-14-17-7-16-13(15)19-14/h5-7,12H,3-4H2,1-2H3,(H3,15,16,17,18,19). The molecule has 1 aliphatic carbocycles. The van der Waals surface area contributed by atoms with E-state index in [1.54, 1.807) is 0 Å². The molecule has 3 N–H and O–H groups in total. The molecule has 1 unspecified atom stereocenters.